The molecule has 0 spiro atoms. The highest BCUT2D eigenvalue weighted by Crippen LogP contribution is 2.46. The van der Waals surface area contributed by atoms with Gasteiger partial charge in [-0.1, -0.05) is 84.4 Å². The molecule has 2 saturated heterocycles. The molecule has 1 N–H and O–H groups in total. The Hall–Kier alpha value is -4.40. The smallest absolute Gasteiger partial charge is 0.265 e. The van der Waals surface area contributed by atoms with Crippen molar-refractivity contribution in [2.45, 2.75) is 24.9 Å². The molecule has 2 amide bonds. The number of nitrogens with one attached hydrogen (secondary N) is 1. The number of piperazine rings is 1. The molecular formula is C36H34FN3O3S. The normalized spacial score (nSPS) is 22.0. The van der Waals surface area contributed by atoms with E-state index in [1.165, 1.54) is 23.5 Å². The quantitative estimate of drug-likeness (QED) is 0.269. The number of carbonyl (C=O) groups is 3. The summed E-state index contributed by atoms with van der Waals surface area (Å²) in [5.74, 6) is -2.59. The standard InChI is InChI=1S/C36H34FN3O3S/c1-24-7-5-10-27(23-24)34(41)32-29(17-12-25-8-3-2-4-9-25)40(35(42)30-11-6-22-44-30)33(36(43)39-20-18-38-19-21-39)31(32)26-13-15-28(37)16-14-26/h2-17,22-23,29,31-33,38H,18-21H2,1H3. The number of Topliss-reactive ketones (excluding diaryl/α,β-unsaturated/α-hetero) is 1. The molecule has 0 radical (unpaired) electrons. The average Bonchev–Trinajstić information content (AvgIpc) is 3.71. The van der Waals surface area contributed by atoms with Crippen molar-refractivity contribution in [3.8, 4) is 0 Å². The first-order valence-electron chi connectivity index (χ1n) is 14.9. The molecule has 0 bridgehead atoms. The lowest BCUT2D eigenvalue weighted by molar-refractivity contribution is -0.136. The van der Waals surface area contributed by atoms with Crippen LogP contribution in [0, 0.1) is 18.7 Å². The molecule has 3 aromatic carbocycles. The monoisotopic (exact) mass is 607 g/mol. The number of nitrogens with zero attached hydrogens (tertiary/aromatic N) is 2. The predicted molar refractivity (Wildman–Crippen MR) is 171 cm³/mol. The van der Waals surface area contributed by atoms with E-state index in [0.717, 1.165) is 11.1 Å². The van der Waals surface area contributed by atoms with E-state index >= 15 is 0 Å². The number of ketones is 1. The van der Waals surface area contributed by atoms with Crippen LogP contribution in [0.25, 0.3) is 6.08 Å². The fourth-order valence-corrected chi connectivity index (χ4v) is 7.11. The average molecular weight is 608 g/mol. The van der Waals surface area contributed by atoms with Gasteiger partial charge in [-0.05, 0) is 47.7 Å². The molecular weight excluding hydrogens is 573 g/mol. The number of carbonyl (C=O) groups excluding carboxylic acids is 3. The van der Waals surface area contributed by atoms with Crippen molar-refractivity contribution in [2.75, 3.05) is 26.2 Å². The Balaban J connectivity index is 1.57. The number of benzene rings is 3. The molecule has 0 aliphatic carbocycles. The summed E-state index contributed by atoms with van der Waals surface area (Å²) in [7, 11) is 0. The van der Waals surface area contributed by atoms with E-state index < -0.39 is 29.7 Å². The number of rotatable bonds is 7. The van der Waals surface area contributed by atoms with Crippen molar-refractivity contribution >= 4 is 35.0 Å². The Labute approximate surface area is 260 Å². The van der Waals surface area contributed by atoms with Gasteiger partial charge >= 0.3 is 0 Å². The van der Waals surface area contributed by atoms with Gasteiger partial charge in [-0.2, -0.15) is 0 Å². The molecule has 6 nitrogen and oxygen atoms in total. The van der Waals surface area contributed by atoms with Crippen molar-refractivity contribution in [1.29, 1.82) is 0 Å². The Morgan fingerprint density at radius 1 is 0.909 bits per heavy atom. The predicted octanol–water partition coefficient (Wildman–Crippen LogP) is 5.82. The zero-order chi connectivity index (χ0) is 30.6. The molecule has 4 unspecified atom stereocenters. The number of amides is 2. The molecule has 224 valence electrons. The van der Waals surface area contributed by atoms with Gasteiger partial charge in [0.1, 0.15) is 11.9 Å². The van der Waals surface area contributed by atoms with E-state index in [4.69, 9.17) is 0 Å². The lowest BCUT2D eigenvalue weighted by atomic mass is 9.77. The minimum atomic E-state index is -0.975. The maximum absolute atomic E-state index is 14.7. The highest BCUT2D eigenvalue weighted by molar-refractivity contribution is 7.12. The van der Waals surface area contributed by atoms with Gasteiger partial charge in [0.05, 0.1) is 16.8 Å². The van der Waals surface area contributed by atoms with Crippen LogP contribution < -0.4 is 5.32 Å². The van der Waals surface area contributed by atoms with Gasteiger partial charge in [0, 0.05) is 37.7 Å². The maximum atomic E-state index is 14.7. The van der Waals surface area contributed by atoms with E-state index in [0.29, 0.717) is 42.2 Å². The topological polar surface area (TPSA) is 69.7 Å². The van der Waals surface area contributed by atoms with Crippen LogP contribution in [0.5, 0.6) is 0 Å². The first-order valence-corrected chi connectivity index (χ1v) is 15.8. The van der Waals surface area contributed by atoms with E-state index in [-0.39, 0.29) is 17.6 Å². The second kappa shape index (κ2) is 13.1. The molecule has 2 aliphatic rings. The van der Waals surface area contributed by atoms with Crippen LogP contribution in [-0.4, -0.2) is 65.7 Å². The maximum Gasteiger partial charge on any atom is 0.265 e. The van der Waals surface area contributed by atoms with Crippen LogP contribution >= 0.6 is 11.3 Å². The molecule has 1 aromatic heterocycles. The number of thiophene rings is 1. The summed E-state index contributed by atoms with van der Waals surface area (Å²) in [5.41, 5.74) is 3.00. The zero-order valence-corrected chi connectivity index (χ0v) is 25.3. The lowest BCUT2D eigenvalue weighted by Crippen LogP contribution is -2.55. The molecule has 3 heterocycles. The third kappa shape index (κ3) is 6.00. The van der Waals surface area contributed by atoms with Crippen LogP contribution in [0.3, 0.4) is 0 Å². The minimum Gasteiger partial charge on any atom is -0.338 e. The summed E-state index contributed by atoms with van der Waals surface area (Å²) in [6.45, 7) is 4.20. The molecule has 4 atom stereocenters. The summed E-state index contributed by atoms with van der Waals surface area (Å²) < 4.78 is 14.2. The second-order valence-corrected chi connectivity index (χ2v) is 12.3. The summed E-state index contributed by atoms with van der Waals surface area (Å²) >= 11 is 1.31. The molecule has 6 rings (SSSR count). The number of halogens is 1. The Morgan fingerprint density at radius 2 is 1.66 bits per heavy atom. The van der Waals surface area contributed by atoms with Crippen LogP contribution in [0.15, 0.2) is 102 Å². The van der Waals surface area contributed by atoms with Crippen LogP contribution in [0.4, 0.5) is 4.39 Å². The fourth-order valence-electron chi connectivity index (χ4n) is 6.44. The molecule has 0 saturated carbocycles. The van der Waals surface area contributed by atoms with Gasteiger partial charge in [-0.15, -0.1) is 11.3 Å². The van der Waals surface area contributed by atoms with E-state index in [9.17, 15) is 18.8 Å². The van der Waals surface area contributed by atoms with Gasteiger partial charge in [-0.25, -0.2) is 4.39 Å². The zero-order valence-electron chi connectivity index (χ0n) is 24.4. The van der Waals surface area contributed by atoms with E-state index in [1.54, 1.807) is 34.1 Å². The van der Waals surface area contributed by atoms with Crippen molar-refractivity contribution in [2.24, 2.45) is 5.92 Å². The number of likely N-dealkylation sites (tertiary alicyclic amines) is 1. The first-order chi connectivity index (χ1) is 21.4. The Bertz CT molecular complexity index is 1650. The minimum absolute atomic E-state index is 0.162. The van der Waals surface area contributed by atoms with Crippen LogP contribution in [0.1, 0.15) is 42.6 Å². The van der Waals surface area contributed by atoms with Crippen molar-refractivity contribution in [3.63, 3.8) is 0 Å². The number of hydrogen-bond acceptors (Lipinski definition) is 5. The highest BCUT2D eigenvalue weighted by atomic mass is 32.1. The SMILES string of the molecule is Cc1cccc(C(=O)C2C(c3ccc(F)cc3)C(C(=O)N3CCNCC3)N(C(=O)c3cccs3)C2C=Cc2ccccc2)c1. The summed E-state index contributed by atoms with van der Waals surface area (Å²) in [5, 5.41) is 5.12. The summed E-state index contributed by atoms with van der Waals surface area (Å²) in [6.07, 6.45) is 3.80. The summed E-state index contributed by atoms with van der Waals surface area (Å²) in [6, 6.07) is 24.9. The fraction of sp³-hybridized carbons (Fsp3) is 0.250. The third-order valence-electron chi connectivity index (χ3n) is 8.51. The molecule has 2 fully saturated rings. The van der Waals surface area contributed by atoms with Gasteiger partial charge < -0.3 is 15.1 Å². The van der Waals surface area contributed by atoms with Crippen molar-refractivity contribution in [3.05, 3.63) is 135 Å². The van der Waals surface area contributed by atoms with Crippen LogP contribution in [0.2, 0.25) is 0 Å². The van der Waals surface area contributed by atoms with Crippen molar-refractivity contribution < 1.29 is 18.8 Å². The largest absolute Gasteiger partial charge is 0.338 e. The van der Waals surface area contributed by atoms with Gasteiger partial charge in [0.25, 0.3) is 5.91 Å². The van der Waals surface area contributed by atoms with Gasteiger partial charge in [0.15, 0.2) is 5.78 Å². The first kappa shape index (κ1) is 29.7. The van der Waals surface area contributed by atoms with E-state index in [2.05, 4.69) is 5.32 Å². The highest BCUT2D eigenvalue weighted by Gasteiger charge is 2.57. The summed E-state index contributed by atoms with van der Waals surface area (Å²) in [4.78, 5) is 47.7. The van der Waals surface area contributed by atoms with Gasteiger partial charge in [-0.3, -0.25) is 14.4 Å². The van der Waals surface area contributed by atoms with Gasteiger partial charge in [0.2, 0.25) is 5.91 Å². The Kier molecular flexibility index (Phi) is 8.82. The lowest BCUT2D eigenvalue weighted by Gasteiger charge is -2.35. The third-order valence-corrected chi connectivity index (χ3v) is 9.37. The van der Waals surface area contributed by atoms with E-state index in [1.807, 2.05) is 79.1 Å². The molecule has 44 heavy (non-hydrogen) atoms. The van der Waals surface area contributed by atoms with Crippen molar-refractivity contribution in [1.82, 2.24) is 15.1 Å². The molecule has 8 heteroatoms. The molecule has 4 aromatic rings. The molecule has 2 aliphatic heterocycles. The second-order valence-electron chi connectivity index (χ2n) is 11.3. The van der Waals surface area contributed by atoms with Crippen LogP contribution in [-0.2, 0) is 4.79 Å². The number of aryl methyl sites for hydroxylation is 1. The Morgan fingerprint density at radius 3 is 2.34 bits per heavy atom. The number of hydrogen-bond donors (Lipinski definition) is 1.